The molecule has 110 valence electrons. The van der Waals surface area contributed by atoms with E-state index in [1.807, 2.05) is 52.8 Å². The molecule has 1 nitrogen and oxygen atoms in total. The molecule has 1 heterocycles. The molecule has 2 heteroatoms. The van der Waals surface area contributed by atoms with Crippen molar-refractivity contribution in [1.82, 2.24) is 4.98 Å². The Morgan fingerprint density at radius 3 is 2.00 bits per heavy atom. The summed E-state index contributed by atoms with van der Waals surface area (Å²) in [6.07, 6.45) is 11.3. The van der Waals surface area contributed by atoms with Gasteiger partial charge in [0, 0.05) is 5.57 Å². The second kappa shape index (κ2) is 13.8. The molecule has 1 rings (SSSR count). The van der Waals surface area contributed by atoms with E-state index in [-0.39, 0.29) is 0 Å². The van der Waals surface area contributed by atoms with Crippen molar-refractivity contribution < 1.29 is 0 Å². The number of aromatic nitrogens is 1. The van der Waals surface area contributed by atoms with Crippen LogP contribution in [0.25, 0.3) is 17.7 Å². The maximum atomic E-state index is 4.48. The molecule has 0 aliphatic rings. The van der Waals surface area contributed by atoms with Gasteiger partial charge in [0.2, 0.25) is 0 Å². The van der Waals surface area contributed by atoms with Crippen LogP contribution in [0.1, 0.15) is 50.2 Å². The van der Waals surface area contributed by atoms with Crippen LogP contribution in [0.5, 0.6) is 0 Å². The zero-order chi connectivity index (χ0) is 16.0. The number of hydrogen-bond acceptors (Lipinski definition) is 2. The van der Waals surface area contributed by atoms with Crippen LogP contribution in [-0.4, -0.2) is 4.98 Å². The first kappa shape index (κ1) is 20.6. The number of hydrogen-bond donors (Lipinski definition) is 0. The van der Waals surface area contributed by atoms with Gasteiger partial charge in [0.15, 0.2) is 0 Å². The van der Waals surface area contributed by atoms with Crippen molar-refractivity contribution in [2.75, 3.05) is 0 Å². The molecule has 0 bridgehead atoms. The molecule has 0 spiro atoms. The average molecular weight is 289 g/mol. The predicted octanol–water partition coefficient (Wildman–Crippen LogP) is 6.63. The lowest BCUT2D eigenvalue weighted by molar-refractivity contribution is 1.34. The third-order valence-electron chi connectivity index (χ3n) is 1.99. The van der Waals surface area contributed by atoms with Crippen molar-refractivity contribution in [3.63, 3.8) is 0 Å². The normalized spacial score (nSPS) is 9.95. The molecule has 1 aromatic heterocycles. The summed E-state index contributed by atoms with van der Waals surface area (Å²) in [5.41, 5.74) is 1.89. The molecule has 0 fully saturated rings. The van der Waals surface area contributed by atoms with E-state index in [2.05, 4.69) is 24.7 Å². The van der Waals surface area contributed by atoms with Crippen molar-refractivity contribution in [3.8, 4) is 0 Å². The van der Waals surface area contributed by atoms with Gasteiger partial charge < -0.3 is 0 Å². The van der Waals surface area contributed by atoms with Gasteiger partial charge in [-0.15, -0.1) is 11.3 Å². The third kappa shape index (κ3) is 6.48. The van der Waals surface area contributed by atoms with Gasteiger partial charge in [-0.3, -0.25) is 0 Å². The van der Waals surface area contributed by atoms with Crippen LogP contribution >= 0.6 is 11.3 Å². The van der Waals surface area contributed by atoms with E-state index in [1.165, 1.54) is 0 Å². The van der Waals surface area contributed by atoms with Crippen LogP contribution in [0.3, 0.4) is 0 Å². The smallest absolute Gasteiger partial charge is 0.124 e. The number of nitrogens with zero attached hydrogens (tertiary/aromatic N) is 1. The molecular formula is C18H27NS. The van der Waals surface area contributed by atoms with E-state index in [1.54, 1.807) is 29.6 Å². The summed E-state index contributed by atoms with van der Waals surface area (Å²) >= 11 is 1.59. The minimum atomic E-state index is 0.878. The monoisotopic (exact) mass is 289 g/mol. The first-order chi connectivity index (χ1) is 9.76. The Morgan fingerprint density at radius 1 is 1.05 bits per heavy atom. The van der Waals surface area contributed by atoms with E-state index < -0.39 is 0 Å². The van der Waals surface area contributed by atoms with E-state index in [0.29, 0.717) is 0 Å². The molecule has 0 saturated heterocycles. The van der Waals surface area contributed by atoms with Gasteiger partial charge in [0.25, 0.3) is 0 Å². The number of rotatable bonds is 5. The summed E-state index contributed by atoms with van der Waals surface area (Å²) in [6, 6.07) is 0. The Balaban J connectivity index is 0. The highest BCUT2D eigenvalue weighted by Crippen LogP contribution is 2.26. The Morgan fingerprint density at radius 2 is 1.65 bits per heavy atom. The quantitative estimate of drug-likeness (QED) is 0.554. The highest BCUT2D eigenvalue weighted by molar-refractivity contribution is 7.13. The summed E-state index contributed by atoms with van der Waals surface area (Å²) in [6.45, 7) is 21.3. The molecule has 0 N–H and O–H groups in total. The zero-order valence-electron chi connectivity index (χ0n) is 13.4. The van der Waals surface area contributed by atoms with E-state index in [4.69, 9.17) is 0 Å². The molecule has 0 amide bonds. The fourth-order valence-electron chi connectivity index (χ4n) is 1.19. The molecule has 0 aromatic carbocycles. The van der Waals surface area contributed by atoms with Crippen LogP contribution in [0.15, 0.2) is 44.0 Å². The Labute approximate surface area is 128 Å². The average Bonchev–Trinajstić information content (AvgIpc) is 2.95. The molecule has 0 unspecified atom stereocenters. The first-order valence-electron chi connectivity index (χ1n) is 6.98. The minimum Gasteiger partial charge on any atom is -0.236 e. The molecule has 0 radical (unpaired) electrons. The summed E-state index contributed by atoms with van der Waals surface area (Å²) < 4.78 is 0. The zero-order valence-corrected chi connectivity index (χ0v) is 14.3. The highest BCUT2D eigenvalue weighted by Gasteiger charge is 2.07. The van der Waals surface area contributed by atoms with E-state index in [9.17, 15) is 0 Å². The van der Waals surface area contributed by atoms with Crippen molar-refractivity contribution in [2.45, 2.75) is 34.6 Å². The minimum absolute atomic E-state index is 0.878. The molecule has 0 saturated carbocycles. The summed E-state index contributed by atoms with van der Waals surface area (Å²) in [7, 11) is 0. The van der Waals surface area contributed by atoms with Crippen LogP contribution in [0, 0.1) is 0 Å². The summed E-state index contributed by atoms with van der Waals surface area (Å²) in [5, 5.41) is 0.943. The van der Waals surface area contributed by atoms with Gasteiger partial charge in [-0.2, -0.15) is 0 Å². The number of thiazole rings is 1. The number of allylic oxidation sites excluding steroid dienone is 5. The van der Waals surface area contributed by atoms with E-state index >= 15 is 0 Å². The van der Waals surface area contributed by atoms with Crippen molar-refractivity contribution in [1.29, 1.82) is 0 Å². The van der Waals surface area contributed by atoms with Crippen LogP contribution in [0.4, 0.5) is 0 Å². The summed E-state index contributed by atoms with van der Waals surface area (Å²) in [4.78, 5) is 5.52. The second-order valence-corrected chi connectivity index (χ2v) is 4.06. The molecular weight excluding hydrogens is 262 g/mol. The maximum absolute atomic E-state index is 4.48. The second-order valence-electron chi connectivity index (χ2n) is 3.03. The lowest BCUT2D eigenvalue weighted by atomic mass is 10.2. The van der Waals surface area contributed by atoms with Crippen molar-refractivity contribution in [3.05, 3.63) is 59.6 Å². The van der Waals surface area contributed by atoms with Crippen LogP contribution in [0.2, 0.25) is 0 Å². The van der Waals surface area contributed by atoms with E-state index in [0.717, 1.165) is 21.2 Å². The van der Waals surface area contributed by atoms with Gasteiger partial charge in [-0.1, -0.05) is 71.7 Å². The fraction of sp³-hybridized carbons (Fsp3) is 0.278. The summed E-state index contributed by atoms with van der Waals surface area (Å²) in [5.74, 6) is 0. The Hall–Kier alpha value is -1.67. The highest BCUT2D eigenvalue weighted by atomic mass is 32.1. The SMILES string of the molecule is C=C/C(=C\C=C/C)c1nc(C=C)c(C=C)s1.CC.CC. The van der Waals surface area contributed by atoms with Crippen molar-refractivity contribution in [2.24, 2.45) is 0 Å². The van der Waals surface area contributed by atoms with Crippen molar-refractivity contribution >= 4 is 29.1 Å². The maximum Gasteiger partial charge on any atom is 0.124 e. The third-order valence-corrected chi connectivity index (χ3v) is 3.11. The fourth-order valence-corrected chi connectivity index (χ4v) is 2.12. The van der Waals surface area contributed by atoms with Gasteiger partial charge in [0.05, 0.1) is 10.6 Å². The van der Waals surface area contributed by atoms with Crippen LogP contribution in [-0.2, 0) is 0 Å². The largest absolute Gasteiger partial charge is 0.236 e. The topological polar surface area (TPSA) is 12.9 Å². The van der Waals surface area contributed by atoms with Gasteiger partial charge >= 0.3 is 0 Å². The van der Waals surface area contributed by atoms with Gasteiger partial charge in [-0.25, -0.2) is 4.98 Å². The van der Waals surface area contributed by atoms with Crippen LogP contribution < -0.4 is 0 Å². The molecule has 1 aromatic rings. The van der Waals surface area contributed by atoms with Gasteiger partial charge in [-0.05, 0) is 19.1 Å². The predicted molar refractivity (Wildman–Crippen MR) is 98.0 cm³/mol. The van der Waals surface area contributed by atoms with Gasteiger partial charge in [0.1, 0.15) is 5.01 Å². The Bertz CT molecular complexity index is 436. The lowest BCUT2D eigenvalue weighted by Crippen LogP contribution is -1.79. The molecule has 20 heavy (non-hydrogen) atoms. The first-order valence-corrected chi connectivity index (χ1v) is 7.80. The molecule has 0 aliphatic carbocycles. The lowest BCUT2D eigenvalue weighted by Gasteiger charge is -1.92. The molecule has 0 aliphatic heterocycles. The molecule has 0 atom stereocenters. The standard InChI is InChI=1S/C14H15NS.2C2H6/c1-5-9-10-11(6-2)14-15-12(7-3)13(8-4)16-14;2*1-2/h5-10H,2-4H2,1H3;2*1-2H3/b9-5-,11-10+;;. The Kier molecular flexibility index (Phi) is 14.2.